The van der Waals surface area contributed by atoms with Gasteiger partial charge in [0.05, 0.1) is 11.6 Å². The van der Waals surface area contributed by atoms with Crippen molar-refractivity contribution in [2.45, 2.75) is 25.3 Å². The molecule has 1 aromatic rings. The lowest BCUT2D eigenvalue weighted by atomic mass is 9.98. The molecule has 1 aliphatic rings. The van der Waals surface area contributed by atoms with Crippen LogP contribution in [0.4, 0.5) is 0 Å². The zero-order chi connectivity index (χ0) is 14.6. The number of benzene rings is 1. The summed E-state index contributed by atoms with van der Waals surface area (Å²) in [4.78, 5) is 11.9. The number of nitrogens with one attached hydrogen (secondary N) is 1. The lowest BCUT2D eigenvalue weighted by Crippen LogP contribution is -2.48. The number of ether oxygens (including phenoxy) is 1. The normalized spacial score (nSPS) is 16.4. The maximum Gasteiger partial charge on any atom is 0.259 e. The Morgan fingerprint density at radius 2 is 2.15 bits per heavy atom. The molecule has 5 nitrogen and oxygen atoms in total. The second kappa shape index (κ2) is 5.63. The fourth-order valence-corrected chi connectivity index (χ4v) is 2.04. The Morgan fingerprint density at radius 1 is 1.45 bits per heavy atom. The third kappa shape index (κ3) is 3.07. The Morgan fingerprint density at radius 3 is 2.75 bits per heavy atom. The average molecular weight is 269 g/mol. The van der Waals surface area contributed by atoms with Crippen LogP contribution in [0.2, 0.25) is 0 Å². The zero-order valence-electron chi connectivity index (χ0n) is 11.2. The van der Waals surface area contributed by atoms with Crippen molar-refractivity contribution in [3.63, 3.8) is 0 Å². The Hall–Kier alpha value is -2.53. The second-order valence-electron chi connectivity index (χ2n) is 5.03. The number of rotatable bonds is 5. The number of nitriles is 2. The maximum atomic E-state index is 11.9. The van der Waals surface area contributed by atoms with Crippen molar-refractivity contribution in [3.8, 4) is 17.9 Å². The van der Waals surface area contributed by atoms with Gasteiger partial charge in [-0.1, -0.05) is 12.1 Å². The molecule has 5 heteroatoms. The highest BCUT2D eigenvalue weighted by Gasteiger charge is 2.43. The molecule has 0 spiro atoms. The summed E-state index contributed by atoms with van der Waals surface area (Å²) in [6.45, 7) is 1.52. The van der Waals surface area contributed by atoms with Gasteiger partial charge < -0.3 is 10.1 Å². The molecule has 0 unspecified atom stereocenters. The molecule has 1 saturated carbocycles. The molecule has 0 bridgehead atoms. The van der Waals surface area contributed by atoms with Gasteiger partial charge in [0, 0.05) is 0 Å². The van der Waals surface area contributed by atoms with E-state index in [1.54, 1.807) is 31.2 Å². The summed E-state index contributed by atoms with van der Waals surface area (Å²) in [5, 5.41) is 20.8. The van der Waals surface area contributed by atoms with Crippen molar-refractivity contribution < 1.29 is 9.53 Å². The van der Waals surface area contributed by atoms with E-state index in [4.69, 9.17) is 15.3 Å². The summed E-state index contributed by atoms with van der Waals surface area (Å²) in [5.41, 5.74) is -0.444. The van der Waals surface area contributed by atoms with Crippen molar-refractivity contribution in [2.24, 2.45) is 5.92 Å². The van der Waals surface area contributed by atoms with Gasteiger partial charge in [-0.15, -0.1) is 0 Å². The smallest absolute Gasteiger partial charge is 0.259 e. The molecule has 102 valence electrons. The van der Waals surface area contributed by atoms with Crippen molar-refractivity contribution >= 4 is 5.91 Å². The fraction of sp³-hybridized carbons (Fsp3) is 0.400. The number of hydrogen-bond acceptors (Lipinski definition) is 4. The Labute approximate surface area is 117 Å². The van der Waals surface area contributed by atoms with Crippen molar-refractivity contribution in [2.75, 3.05) is 6.61 Å². The van der Waals surface area contributed by atoms with Crippen LogP contribution >= 0.6 is 0 Å². The summed E-state index contributed by atoms with van der Waals surface area (Å²) in [7, 11) is 0. The minimum Gasteiger partial charge on any atom is -0.482 e. The number of amides is 1. The van der Waals surface area contributed by atoms with Gasteiger partial charge >= 0.3 is 0 Å². The summed E-state index contributed by atoms with van der Waals surface area (Å²) in [6, 6.07) is 10.9. The first kappa shape index (κ1) is 13.9. The van der Waals surface area contributed by atoms with E-state index in [1.807, 2.05) is 6.07 Å². The minimum atomic E-state index is -0.824. The van der Waals surface area contributed by atoms with Gasteiger partial charge in [-0.3, -0.25) is 4.79 Å². The first-order valence-electron chi connectivity index (χ1n) is 6.43. The van der Waals surface area contributed by atoms with Gasteiger partial charge in [0.15, 0.2) is 6.61 Å². The SMILES string of the molecule is C[C@](C#N)(NC(=O)COc1ccccc1C#N)C1CC1. The van der Waals surface area contributed by atoms with E-state index in [-0.39, 0.29) is 18.4 Å². The molecule has 0 aromatic heterocycles. The van der Waals surface area contributed by atoms with Gasteiger partial charge in [-0.25, -0.2) is 0 Å². The van der Waals surface area contributed by atoms with E-state index in [9.17, 15) is 4.79 Å². The van der Waals surface area contributed by atoms with E-state index in [0.717, 1.165) is 12.8 Å². The van der Waals surface area contributed by atoms with Crippen LogP contribution < -0.4 is 10.1 Å². The summed E-state index contributed by atoms with van der Waals surface area (Å²) >= 11 is 0. The van der Waals surface area contributed by atoms with Crippen molar-refractivity contribution in [1.82, 2.24) is 5.32 Å². The van der Waals surface area contributed by atoms with E-state index in [2.05, 4.69) is 11.4 Å². The topological polar surface area (TPSA) is 85.9 Å². The molecule has 1 N–H and O–H groups in total. The number of para-hydroxylation sites is 1. The first-order chi connectivity index (χ1) is 9.59. The molecule has 1 aliphatic carbocycles. The quantitative estimate of drug-likeness (QED) is 0.882. The molecule has 1 amide bonds. The number of hydrogen-bond donors (Lipinski definition) is 1. The minimum absolute atomic E-state index is 0.206. The van der Waals surface area contributed by atoms with Crippen LogP contribution in [0.15, 0.2) is 24.3 Å². The van der Waals surface area contributed by atoms with Crippen LogP contribution in [0.3, 0.4) is 0 Å². The van der Waals surface area contributed by atoms with Crippen LogP contribution in [0.5, 0.6) is 5.75 Å². The van der Waals surface area contributed by atoms with Gasteiger partial charge in [0.25, 0.3) is 5.91 Å². The highest BCUT2D eigenvalue weighted by atomic mass is 16.5. The Kier molecular flexibility index (Phi) is 3.91. The second-order valence-corrected chi connectivity index (χ2v) is 5.03. The van der Waals surface area contributed by atoms with Gasteiger partial charge in [0.2, 0.25) is 0 Å². The summed E-state index contributed by atoms with van der Waals surface area (Å²) in [5.74, 6) is 0.242. The zero-order valence-corrected chi connectivity index (χ0v) is 11.2. The van der Waals surface area contributed by atoms with Crippen LogP contribution in [-0.2, 0) is 4.79 Å². The number of carbonyl (C=O) groups is 1. The highest BCUT2D eigenvalue weighted by molar-refractivity contribution is 5.79. The summed E-state index contributed by atoms with van der Waals surface area (Å²) in [6.07, 6.45) is 1.92. The van der Waals surface area contributed by atoms with E-state index >= 15 is 0 Å². The van der Waals surface area contributed by atoms with E-state index < -0.39 is 5.54 Å². The third-order valence-corrected chi connectivity index (χ3v) is 3.39. The third-order valence-electron chi connectivity index (χ3n) is 3.39. The van der Waals surface area contributed by atoms with Gasteiger partial charge in [-0.2, -0.15) is 10.5 Å². The molecule has 20 heavy (non-hydrogen) atoms. The largest absolute Gasteiger partial charge is 0.482 e. The lowest BCUT2D eigenvalue weighted by Gasteiger charge is -2.22. The molecule has 0 heterocycles. The Bertz CT molecular complexity index is 596. The molecule has 2 rings (SSSR count). The fourth-order valence-electron chi connectivity index (χ4n) is 2.04. The lowest BCUT2D eigenvalue weighted by molar-refractivity contribution is -0.124. The molecule has 1 fully saturated rings. The molecule has 0 saturated heterocycles. The molecular formula is C15H15N3O2. The molecule has 0 aliphatic heterocycles. The van der Waals surface area contributed by atoms with Crippen LogP contribution in [0, 0.1) is 28.6 Å². The van der Waals surface area contributed by atoms with E-state index in [0.29, 0.717) is 11.3 Å². The molecular weight excluding hydrogens is 254 g/mol. The van der Waals surface area contributed by atoms with E-state index in [1.165, 1.54) is 0 Å². The van der Waals surface area contributed by atoms with Crippen molar-refractivity contribution in [3.05, 3.63) is 29.8 Å². The highest BCUT2D eigenvalue weighted by Crippen LogP contribution is 2.39. The number of nitrogens with zero attached hydrogens (tertiary/aromatic N) is 2. The predicted molar refractivity (Wildman–Crippen MR) is 71.5 cm³/mol. The first-order valence-corrected chi connectivity index (χ1v) is 6.43. The molecule has 1 aromatic carbocycles. The maximum absolute atomic E-state index is 11.9. The summed E-state index contributed by atoms with van der Waals surface area (Å²) < 4.78 is 5.34. The van der Waals surface area contributed by atoms with Crippen LogP contribution in [-0.4, -0.2) is 18.1 Å². The predicted octanol–water partition coefficient (Wildman–Crippen LogP) is 1.75. The number of carbonyl (C=O) groups excluding carboxylic acids is 1. The van der Waals surface area contributed by atoms with Crippen molar-refractivity contribution in [1.29, 1.82) is 10.5 Å². The molecule has 1 atom stereocenters. The van der Waals surface area contributed by atoms with Crippen LogP contribution in [0.1, 0.15) is 25.3 Å². The van der Waals surface area contributed by atoms with Gasteiger partial charge in [0.1, 0.15) is 17.4 Å². The Balaban J connectivity index is 1.93. The van der Waals surface area contributed by atoms with Gasteiger partial charge in [-0.05, 0) is 37.8 Å². The monoisotopic (exact) mass is 269 g/mol. The average Bonchev–Trinajstić information content (AvgIpc) is 3.30. The molecule has 0 radical (unpaired) electrons. The standard InChI is InChI=1S/C15H15N3O2/c1-15(10-17,12-6-7-12)18-14(19)9-20-13-5-3-2-4-11(13)8-16/h2-5,12H,6-7,9H2,1H3,(H,18,19)/t15-/m1/s1. The van der Waals surface area contributed by atoms with Crippen LogP contribution in [0.25, 0.3) is 0 Å².